The first-order chi connectivity index (χ1) is 9.37. The lowest BCUT2D eigenvalue weighted by Gasteiger charge is -2.31. The molecule has 0 saturated heterocycles. The highest BCUT2D eigenvalue weighted by molar-refractivity contribution is 5.85. The Labute approximate surface area is 120 Å². The minimum absolute atomic E-state index is 0.0644. The van der Waals surface area contributed by atoms with Crippen LogP contribution in [0.5, 0.6) is 0 Å². The number of nitrogens with zero attached hydrogens (tertiary/aromatic N) is 1. The van der Waals surface area contributed by atoms with Crippen molar-refractivity contribution in [2.75, 3.05) is 13.6 Å². The zero-order chi connectivity index (χ0) is 14.8. The van der Waals surface area contributed by atoms with E-state index in [0.717, 1.165) is 38.5 Å². The largest absolute Gasteiger partial charge is 0.481 e. The van der Waals surface area contributed by atoms with E-state index in [-0.39, 0.29) is 12.3 Å². The summed E-state index contributed by atoms with van der Waals surface area (Å²) in [5.41, 5.74) is -1.64. The van der Waals surface area contributed by atoms with Gasteiger partial charge in [-0.05, 0) is 25.7 Å². The van der Waals surface area contributed by atoms with Gasteiger partial charge < -0.3 is 15.1 Å². The summed E-state index contributed by atoms with van der Waals surface area (Å²) in [6, 6.07) is 0. The van der Waals surface area contributed by atoms with Crippen LogP contribution in [0.2, 0.25) is 0 Å². The molecule has 2 N–H and O–H groups in total. The molecule has 2 fully saturated rings. The van der Waals surface area contributed by atoms with Crippen LogP contribution in [0.3, 0.4) is 0 Å². The highest BCUT2D eigenvalue weighted by atomic mass is 16.4. The van der Waals surface area contributed by atoms with Crippen LogP contribution in [0, 0.1) is 5.41 Å². The summed E-state index contributed by atoms with van der Waals surface area (Å²) in [5.74, 6) is -1.01. The second-order valence-electron chi connectivity index (χ2n) is 6.65. The normalized spacial score (nSPS) is 23.7. The molecule has 1 amide bonds. The summed E-state index contributed by atoms with van der Waals surface area (Å²) in [6.07, 6.45) is 6.46. The summed E-state index contributed by atoms with van der Waals surface area (Å²) in [7, 11) is 1.67. The molecule has 0 aromatic rings. The fraction of sp³-hybridized carbons (Fsp3) is 0.867. The number of carboxylic acid groups (broad SMARTS) is 1. The van der Waals surface area contributed by atoms with Crippen LogP contribution in [-0.4, -0.2) is 46.2 Å². The summed E-state index contributed by atoms with van der Waals surface area (Å²) in [4.78, 5) is 25.3. The van der Waals surface area contributed by atoms with E-state index in [0.29, 0.717) is 19.4 Å². The molecule has 0 unspecified atom stereocenters. The zero-order valence-electron chi connectivity index (χ0n) is 12.2. The Bertz CT molecular complexity index is 381. The fourth-order valence-electron chi connectivity index (χ4n) is 3.66. The molecule has 0 heterocycles. The lowest BCUT2D eigenvalue weighted by molar-refractivity contribution is -0.153. The number of carboxylic acids is 1. The number of carbonyl (C=O) groups is 2. The van der Waals surface area contributed by atoms with E-state index < -0.39 is 17.0 Å². The third-order valence-corrected chi connectivity index (χ3v) is 5.00. The first-order valence-electron chi connectivity index (χ1n) is 7.57. The van der Waals surface area contributed by atoms with E-state index in [4.69, 9.17) is 0 Å². The van der Waals surface area contributed by atoms with E-state index >= 15 is 0 Å². The van der Waals surface area contributed by atoms with Gasteiger partial charge in [0.1, 0.15) is 0 Å². The number of carbonyl (C=O) groups excluding carboxylic acids is 1. The topological polar surface area (TPSA) is 77.8 Å². The summed E-state index contributed by atoms with van der Waals surface area (Å²) >= 11 is 0. The first kappa shape index (κ1) is 15.3. The Balaban J connectivity index is 1.95. The molecule has 2 saturated carbocycles. The number of hydrogen-bond acceptors (Lipinski definition) is 3. The summed E-state index contributed by atoms with van der Waals surface area (Å²) < 4.78 is 0. The molecule has 0 radical (unpaired) electrons. The molecule has 20 heavy (non-hydrogen) atoms. The predicted molar refractivity (Wildman–Crippen MR) is 74.2 cm³/mol. The Kier molecular flexibility index (Phi) is 4.37. The highest BCUT2D eigenvalue weighted by Crippen LogP contribution is 2.42. The molecule has 5 heteroatoms. The van der Waals surface area contributed by atoms with Gasteiger partial charge in [-0.2, -0.15) is 0 Å². The molecule has 0 aromatic heterocycles. The number of hydrogen-bond donors (Lipinski definition) is 2. The van der Waals surface area contributed by atoms with Crippen molar-refractivity contribution in [1.29, 1.82) is 0 Å². The van der Waals surface area contributed by atoms with Crippen molar-refractivity contribution in [2.24, 2.45) is 5.41 Å². The van der Waals surface area contributed by atoms with Gasteiger partial charge in [0.2, 0.25) is 5.91 Å². The van der Waals surface area contributed by atoms with Gasteiger partial charge in [0.05, 0.1) is 11.0 Å². The van der Waals surface area contributed by atoms with Crippen molar-refractivity contribution >= 4 is 11.9 Å². The van der Waals surface area contributed by atoms with Crippen molar-refractivity contribution in [2.45, 2.75) is 63.4 Å². The van der Waals surface area contributed by atoms with Gasteiger partial charge in [0, 0.05) is 20.0 Å². The smallest absolute Gasteiger partial charge is 0.310 e. The minimum atomic E-state index is -0.871. The Hall–Kier alpha value is -1.10. The Morgan fingerprint density at radius 3 is 2.05 bits per heavy atom. The van der Waals surface area contributed by atoms with E-state index in [1.54, 1.807) is 7.05 Å². The van der Waals surface area contributed by atoms with Gasteiger partial charge in [-0.1, -0.05) is 25.7 Å². The number of aliphatic carboxylic acids is 1. The van der Waals surface area contributed by atoms with Crippen LogP contribution in [-0.2, 0) is 9.59 Å². The standard InChI is InChI=1S/C15H25NO4/c1-16(11-15(20)8-4-5-9-15)12(17)10-14(13(18)19)6-2-3-7-14/h20H,2-11H2,1H3,(H,18,19). The molecular formula is C15H25NO4. The molecule has 5 nitrogen and oxygen atoms in total. The summed E-state index contributed by atoms with van der Waals surface area (Å²) in [5, 5.41) is 19.7. The molecular weight excluding hydrogens is 258 g/mol. The van der Waals surface area contributed by atoms with Crippen molar-refractivity contribution < 1.29 is 19.8 Å². The molecule has 2 aliphatic rings. The molecule has 0 bridgehead atoms. The fourth-order valence-corrected chi connectivity index (χ4v) is 3.66. The summed E-state index contributed by atoms with van der Waals surface area (Å²) in [6.45, 7) is 0.321. The maximum Gasteiger partial charge on any atom is 0.310 e. The lowest BCUT2D eigenvalue weighted by Crippen LogP contribution is -2.44. The Morgan fingerprint density at radius 1 is 1.05 bits per heavy atom. The first-order valence-corrected chi connectivity index (χ1v) is 7.57. The SMILES string of the molecule is CN(CC1(O)CCCC1)C(=O)CC1(C(=O)O)CCCC1. The molecule has 114 valence electrons. The van der Waals surface area contributed by atoms with Gasteiger partial charge in [-0.3, -0.25) is 9.59 Å². The van der Waals surface area contributed by atoms with Crippen LogP contribution in [0.25, 0.3) is 0 Å². The lowest BCUT2D eigenvalue weighted by atomic mass is 9.82. The third-order valence-electron chi connectivity index (χ3n) is 5.00. The zero-order valence-corrected chi connectivity index (χ0v) is 12.2. The van der Waals surface area contributed by atoms with Gasteiger partial charge in [0.15, 0.2) is 0 Å². The average Bonchev–Trinajstić information content (AvgIpc) is 2.99. The van der Waals surface area contributed by atoms with Crippen molar-refractivity contribution in [1.82, 2.24) is 4.90 Å². The van der Waals surface area contributed by atoms with Gasteiger partial charge in [0.25, 0.3) is 0 Å². The van der Waals surface area contributed by atoms with E-state index in [9.17, 15) is 19.8 Å². The third kappa shape index (κ3) is 3.14. The maximum atomic E-state index is 12.3. The monoisotopic (exact) mass is 283 g/mol. The van der Waals surface area contributed by atoms with E-state index in [1.807, 2.05) is 0 Å². The van der Waals surface area contributed by atoms with E-state index in [2.05, 4.69) is 0 Å². The van der Waals surface area contributed by atoms with E-state index in [1.165, 1.54) is 4.90 Å². The van der Waals surface area contributed by atoms with Crippen molar-refractivity contribution in [3.05, 3.63) is 0 Å². The van der Waals surface area contributed by atoms with Gasteiger partial charge in [-0.15, -0.1) is 0 Å². The Morgan fingerprint density at radius 2 is 1.55 bits per heavy atom. The molecule has 0 spiro atoms. The number of likely N-dealkylation sites (N-methyl/N-ethyl adjacent to an activating group) is 1. The molecule has 2 rings (SSSR count). The van der Waals surface area contributed by atoms with Crippen LogP contribution in [0.15, 0.2) is 0 Å². The second-order valence-corrected chi connectivity index (χ2v) is 6.65. The number of rotatable bonds is 5. The number of amides is 1. The molecule has 0 atom stereocenters. The minimum Gasteiger partial charge on any atom is -0.481 e. The maximum absolute atomic E-state index is 12.3. The van der Waals surface area contributed by atoms with Crippen molar-refractivity contribution in [3.63, 3.8) is 0 Å². The molecule has 2 aliphatic carbocycles. The average molecular weight is 283 g/mol. The second kappa shape index (κ2) is 5.72. The van der Waals surface area contributed by atoms with Crippen LogP contribution >= 0.6 is 0 Å². The molecule has 0 aromatic carbocycles. The van der Waals surface area contributed by atoms with Crippen LogP contribution < -0.4 is 0 Å². The van der Waals surface area contributed by atoms with Crippen molar-refractivity contribution in [3.8, 4) is 0 Å². The molecule has 0 aliphatic heterocycles. The van der Waals surface area contributed by atoms with Gasteiger partial charge in [-0.25, -0.2) is 0 Å². The quantitative estimate of drug-likeness (QED) is 0.806. The van der Waals surface area contributed by atoms with Crippen LogP contribution in [0.1, 0.15) is 57.8 Å². The predicted octanol–water partition coefficient (Wildman–Crippen LogP) is 1.78. The van der Waals surface area contributed by atoms with Gasteiger partial charge >= 0.3 is 5.97 Å². The highest BCUT2D eigenvalue weighted by Gasteiger charge is 2.44. The van der Waals surface area contributed by atoms with Crippen LogP contribution in [0.4, 0.5) is 0 Å². The number of aliphatic hydroxyl groups is 1.